The van der Waals surface area contributed by atoms with E-state index in [1.54, 1.807) is 11.7 Å². The number of benzene rings is 1. The standard InChI is InChI=1S/C39H50F6N12O3S/c1-46-34(59)11-15-55(25-58)36-31-6-5-29(18-33(31)52(2)51-36)54-13-7-26(8-14-54)21-53-12-3-4-30(23-53)61(60)57-16-9-28(10-17-57)49-37-47-20-32(39(43,44)45)35(50-37)27-19-48-56(22-27)24-38(40,41)42/h5-6,18-20,22,25-26,28,30H,3-4,7-17,21,23-24H2,1-2H3,(H,46,59)(H,47,49,50). The third-order valence-corrected chi connectivity index (χ3v) is 13.5. The average Bonchev–Trinajstić information content (AvgIpc) is 3.83. The minimum Gasteiger partial charge on any atom is -0.371 e. The number of hydrogen-bond donors (Lipinski definition) is 2. The fraction of sp³-hybridized carbons (Fsp3) is 0.590. The third kappa shape index (κ3) is 10.8. The summed E-state index contributed by atoms with van der Waals surface area (Å²) < 4.78 is 98.2. The first-order chi connectivity index (χ1) is 29.1. The second kappa shape index (κ2) is 18.6. The van der Waals surface area contributed by atoms with Crippen LogP contribution in [0.5, 0.6) is 0 Å². The van der Waals surface area contributed by atoms with Gasteiger partial charge in [-0.25, -0.2) is 18.5 Å². The molecule has 0 spiro atoms. The van der Waals surface area contributed by atoms with Gasteiger partial charge in [0.15, 0.2) is 5.82 Å². The fourth-order valence-electron chi connectivity index (χ4n) is 8.48. The number of likely N-dealkylation sites (tertiary alicyclic amines) is 1. The molecule has 4 aromatic rings. The molecule has 2 atom stereocenters. The molecule has 6 heterocycles. The Balaban J connectivity index is 0.885. The van der Waals surface area contributed by atoms with Crippen molar-refractivity contribution in [3.63, 3.8) is 0 Å². The number of aryl methyl sites for hydroxylation is 1. The predicted molar refractivity (Wildman–Crippen MR) is 218 cm³/mol. The smallest absolute Gasteiger partial charge is 0.371 e. The van der Waals surface area contributed by atoms with Gasteiger partial charge in [-0.1, -0.05) is 0 Å². The number of carbonyl (C=O) groups excluding carboxylic acids is 2. The number of nitrogens with zero attached hydrogens (tertiary/aromatic N) is 10. The van der Waals surface area contributed by atoms with E-state index < -0.39 is 41.1 Å². The zero-order valence-corrected chi connectivity index (χ0v) is 34.8. The van der Waals surface area contributed by atoms with Crippen LogP contribution in [0.25, 0.3) is 22.2 Å². The van der Waals surface area contributed by atoms with E-state index >= 15 is 0 Å². The molecule has 0 radical (unpaired) electrons. The first kappa shape index (κ1) is 44.2. The first-order valence-electron chi connectivity index (χ1n) is 20.4. The van der Waals surface area contributed by atoms with E-state index in [4.69, 9.17) is 0 Å². The number of amides is 2. The highest BCUT2D eigenvalue weighted by Gasteiger charge is 2.37. The number of hydrogen-bond acceptors (Lipinski definition) is 10. The summed E-state index contributed by atoms with van der Waals surface area (Å²) in [6.45, 7) is 4.22. The number of piperidine rings is 3. The highest BCUT2D eigenvalue weighted by molar-refractivity contribution is 7.83. The second-order valence-corrected chi connectivity index (χ2v) is 17.7. The molecule has 0 aliphatic carbocycles. The van der Waals surface area contributed by atoms with Crippen molar-refractivity contribution in [2.75, 3.05) is 74.5 Å². The molecule has 2 N–H and O–H groups in total. The van der Waals surface area contributed by atoms with Gasteiger partial charge in [-0.2, -0.15) is 36.5 Å². The molecule has 2 unspecified atom stereocenters. The Morgan fingerprint density at radius 3 is 2.46 bits per heavy atom. The summed E-state index contributed by atoms with van der Waals surface area (Å²) >= 11 is 0. The average molecular weight is 881 g/mol. The second-order valence-electron chi connectivity index (χ2n) is 15.9. The van der Waals surface area contributed by atoms with Crippen molar-refractivity contribution in [3.05, 3.63) is 42.4 Å². The van der Waals surface area contributed by atoms with Gasteiger partial charge in [-0.05, 0) is 69.2 Å². The summed E-state index contributed by atoms with van der Waals surface area (Å²) in [6.07, 6.45) is -1.19. The topological polar surface area (TPSA) is 150 Å². The van der Waals surface area contributed by atoms with E-state index in [9.17, 15) is 40.1 Å². The van der Waals surface area contributed by atoms with Gasteiger partial charge in [0, 0.05) is 101 Å². The van der Waals surface area contributed by atoms with E-state index in [1.807, 2.05) is 17.4 Å². The van der Waals surface area contributed by atoms with Crippen LogP contribution in [0.15, 0.2) is 36.8 Å². The van der Waals surface area contributed by atoms with Crippen LogP contribution in [-0.2, 0) is 40.3 Å². The van der Waals surface area contributed by atoms with Crippen LogP contribution < -0.4 is 20.4 Å². The van der Waals surface area contributed by atoms with Crippen molar-refractivity contribution < 1.29 is 40.1 Å². The Morgan fingerprint density at radius 1 is 1.02 bits per heavy atom. The summed E-state index contributed by atoms with van der Waals surface area (Å²) in [7, 11) is 2.19. The molecular formula is C39H50F6N12O3S. The van der Waals surface area contributed by atoms with Gasteiger partial charge >= 0.3 is 12.4 Å². The van der Waals surface area contributed by atoms with Gasteiger partial charge in [-0.15, -0.1) is 0 Å². The molecule has 0 bridgehead atoms. The van der Waals surface area contributed by atoms with Gasteiger partial charge in [0.1, 0.15) is 12.1 Å². The van der Waals surface area contributed by atoms with Gasteiger partial charge < -0.3 is 20.4 Å². The van der Waals surface area contributed by atoms with Crippen LogP contribution in [0.2, 0.25) is 0 Å². The number of aromatic nitrogens is 6. The summed E-state index contributed by atoms with van der Waals surface area (Å²) in [5, 5.41) is 14.7. The number of rotatable bonds is 14. The highest BCUT2D eigenvalue weighted by Crippen LogP contribution is 2.37. The van der Waals surface area contributed by atoms with Crippen LogP contribution in [-0.4, -0.2) is 132 Å². The quantitative estimate of drug-likeness (QED) is 0.133. The first-order valence-corrected chi connectivity index (χ1v) is 21.6. The maximum absolute atomic E-state index is 13.9. The van der Waals surface area contributed by atoms with E-state index in [2.05, 4.69) is 52.7 Å². The number of anilines is 3. The van der Waals surface area contributed by atoms with E-state index in [1.165, 1.54) is 4.90 Å². The minimum absolute atomic E-state index is 0.00753. The summed E-state index contributed by atoms with van der Waals surface area (Å²) in [5.74, 6) is 0.787. The lowest BCUT2D eigenvalue weighted by Gasteiger charge is -2.40. The molecular weight excluding hydrogens is 831 g/mol. The van der Waals surface area contributed by atoms with E-state index in [0.717, 1.165) is 87.4 Å². The van der Waals surface area contributed by atoms with Crippen molar-refractivity contribution in [2.45, 2.75) is 75.1 Å². The predicted octanol–water partition coefficient (Wildman–Crippen LogP) is 4.83. The number of nitrogens with one attached hydrogen (secondary N) is 2. The maximum Gasteiger partial charge on any atom is 0.419 e. The maximum atomic E-state index is 13.9. The Kier molecular flexibility index (Phi) is 13.5. The Bertz CT molecular complexity index is 2180. The normalized spacial score (nSPS) is 19.6. The lowest BCUT2D eigenvalue weighted by molar-refractivity contribution is -0.142. The lowest BCUT2D eigenvalue weighted by atomic mass is 9.95. The van der Waals surface area contributed by atoms with Crippen LogP contribution in [0.3, 0.4) is 0 Å². The Hall–Kier alpha value is -4.83. The summed E-state index contributed by atoms with van der Waals surface area (Å²) in [4.78, 5) is 37.9. The lowest BCUT2D eigenvalue weighted by Crippen LogP contribution is -2.49. The van der Waals surface area contributed by atoms with Crippen molar-refractivity contribution >= 4 is 51.7 Å². The fourth-order valence-corrected chi connectivity index (χ4v) is 10.2. The van der Waals surface area contributed by atoms with Crippen molar-refractivity contribution in [2.24, 2.45) is 13.0 Å². The van der Waals surface area contributed by atoms with Gasteiger partial charge in [0.2, 0.25) is 18.3 Å². The molecule has 7 rings (SSSR count). The minimum atomic E-state index is -4.84. The zero-order valence-electron chi connectivity index (χ0n) is 34.0. The number of carbonyl (C=O) groups is 2. The van der Waals surface area contributed by atoms with Gasteiger partial charge in [0.05, 0.1) is 33.6 Å². The van der Waals surface area contributed by atoms with Crippen LogP contribution in [0, 0.1) is 5.92 Å². The van der Waals surface area contributed by atoms with Gasteiger partial charge in [-0.3, -0.25) is 23.9 Å². The molecule has 332 valence electrons. The van der Waals surface area contributed by atoms with Crippen LogP contribution in [0.4, 0.5) is 43.8 Å². The number of halogens is 6. The molecule has 3 saturated heterocycles. The summed E-state index contributed by atoms with van der Waals surface area (Å²) in [6, 6.07) is 5.93. The van der Waals surface area contributed by atoms with Crippen molar-refractivity contribution in [1.29, 1.82) is 0 Å². The van der Waals surface area contributed by atoms with E-state index in [-0.39, 0.29) is 41.7 Å². The Morgan fingerprint density at radius 2 is 1.77 bits per heavy atom. The largest absolute Gasteiger partial charge is 0.419 e. The molecule has 61 heavy (non-hydrogen) atoms. The molecule has 0 saturated carbocycles. The molecule has 3 aromatic heterocycles. The van der Waals surface area contributed by atoms with Gasteiger partial charge in [0.25, 0.3) is 0 Å². The molecule has 2 amide bonds. The molecule has 3 aliphatic heterocycles. The molecule has 15 nitrogen and oxygen atoms in total. The molecule has 22 heteroatoms. The van der Waals surface area contributed by atoms with Crippen molar-refractivity contribution in [1.82, 2.24) is 44.1 Å². The molecule has 3 aliphatic rings. The summed E-state index contributed by atoms with van der Waals surface area (Å²) in [5.41, 5.74) is 0.0232. The SMILES string of the molecule is CNC(=O)CCN(C=O)c1nn(C)c2cc(N3CCC(CN4CCCC(S(=O)N5CCC(Nc6ncc(C(F)(F)F)c(-c7cnn(CC(F)(F)F)c7)n6)CC5)C4)CC3)ccc12. The molecule has 1 aromatic carbocycles. The van der Waals surface area contributed by atoms with Crippen LogP contribution >= 0.6 is 0 Å². The number of alkyl halides is 6. The van der Waals surface area contributed by atoms with Crippen LogP contribution in [0.1, 0.15) is 50.5 Å². The third-order valence-electron chi connectivity index (χ3n) is 11.7. The highest BCUT2D eigenvalue weighted by atomic mass is 32.2. The monoisotopic (exact) mass is 880 g/mol. The van der Waals surface area contributed by atoms with E-state index in [0.29, 0.717) is 55.0 Å². The number of fused-ring (bicyclic) bond motifs is 1. The Labute approximate surface area is 351 Å². The molecule has 3 fully saturated rings. The zero-order chi connectivity index (χ0) is 43.5. The van der Waals surface area contributed by atoms with Crippen molar-refractivity contribution in [3.8, 4) is 11.3 Å².